The molecule has 19 heavy (non-hydrogen) atoms. The summed E-state index contributed by atoms with van der Waals surface area (Å²) in [4.78, 5) is 11.2. The number of halogens is 2. The molecule has 2 rings (SSSR count). The van der Waals surface area contributed by atoms with E-state index >= 15 is 0 Å². The third kappa shape index (κ3) is 2.92. The number of hydrogen-bond donors (Lipinski definition) is 3. The predicted octanol–water partition coefficient (Wildman–Crippen LogP) is 4.02. The van der Waals surface area contributed by atoms with E-state index < -0.39 is 5.97 Å². The minimum atomic E-state index is -1.08. The Labute approximate surface area is 119 Å². The number of nitrogens with one attached hydrogen (secondary N) is 1. The summed E-state index contributed by atoms with van der Waals surface area (Å²) in [7, 11) is 0. The fourth-order valence-electron chi connectivity index (χ4n) is 1.59. The molecule has 0 unspecified atom stereocenters. The van der Waals surface area contributed by atoms with Gasteiger partial charge in [-0.2, -0.15) is 0 Å². The number of carboxylic acids is 1. The first-order valence-corrected chi connectivity index (χ1v) is 6.08. The minimum Gasteiger partial charge on any atom is -0.478 e. The van der Waals surface area contributed by atoms with Crippen LogP contribution < -0.4 is 11.1 Å². The second-order valence-electron chi connectivity index (χ2n) is 3.84. The summed E-state index contributed by atoms with van der Waals surface area (Å²) in [6.07, 6.45) is 0. The number of hydrogen-bond acceptors (Lipinski definition) is 3. The number of rotatable bonds is 3. The number of benzene rings is 2. The van der Waals surface area contributed by atoms with E-state index in [9.17, 15) is 4.79 Å². The van der Waals surface area contributed by atoms with Crippen molar-refractivity contribution < 1.29 is 9.90 Å². The van der Waals surface area contributed by atoms with E-state index in [-0.39, 0.29) is 5.56 Å². The Morgan fingerprint density at radius 2 is 1.89 bits per heavy atom. The Morgan fingerprint density at radius 3 is 2.58 bits per heavy atom. The zero-order valence-corrected chi connectivity index (χ0v) is 11.2. The average Bonchev–Trinajstić information content (AvgIpc) is 2.36. The second-order valence-corrected chi connectivity index (χ2v) is 4.62. The highest BCUT2D eigenvalue weighted by molar-refractivity contribution is 6.43. The van der Waals surface area contributed by atoms with E-state index in [1.165, 1.54) is 6.07 Å². The van der Waals surface area contributed by atoms with Gasteiger partial charge in [-0.15, -0.1) is 0 Å². The van der Waals surface area contributed by atoms with Crippen molar-refractivity contribution >= 4 is 46.2 Å². The molecule has 0 aromatic heterocycles. The molecule has 0 saturated heterocycles. The van der Waals surface area contributed by atoms with Crippen molar-refractivity contribution in [3.8, 4) is 0 Å². The first kappa shape index (κ1) is 13.5. The summed E-state index contributed by atoms with van der Waals surface area (Å²) in [5, 5.41) is 12.8. The van der Waals surface area contributed by atoms with Gasteiger partial charge in [-0.3, -0.25) is 0 Å². The minimum absolute atomic E-state index is 0.0658. The lowest BCUT2D eigenvalue weighted by molar-refractivity contribution is 0.0698. The van der Waals surface area contributed by atoms with E-state index in [0.717, 1.165) is 0 Å². The fraction of sp³-hybridized carbons (Fsp3) is 0. The van der Waals surface area contributed by atoms with Crippen LogP contribution in [0.2, 0.25) is 10.0 Å². The van der Waals surface area contributed by atoms with Crippen LogP contribution in [0.1, 0.15) is 10.4 Å². The molecule has 0 aliphatic carbocycles. The van der Waals surface area contributed by atoms with Crippen molar-refractivity contribution in [2.45, 2.75) is 0 Å². The Morgan fingerprint density at radius 1 is 1.16 bits per heavy atom. The number of nitrogens with two attached hydrogens (primary N) is 1. The van der Waals surface area contributed by atoms with Crippen LogP contribution in [0.5, 0.6) is 0 Å². The van der Waals surface area contributed by atoms with Gasteiger partial charge >= 0.3 is 5.97 Å². The van der Waals surface area contributed by atoms with E-state index in [1.807, 2.05) is 0 Å². The molecule has 0 saturated carbocycles. The van der Waals surface area contributed by atoms with E-state index in [4.69, 9.17) is 34.0 Å². The fourth-order valence-corrected chi connectivity index (χ4v) is 1.94. The van der Waals surface area contributed by atoms with Gasteiger partial charge in [-0.1, -0.05) is 29.3 Å². The Bertz CT molecular complexity index is 645. The van der Waals surface area contributed by atoms with Crippen LogP contribution in [-0.2, 0) is 0 Å². The molecule has 0 aliphatic rings. The zero-order chi connectivity index (χ0) is 14.0. The van der Waals surface area contributed by atoms with Crippen LogP contribution in [0.4, 0.5) is 17.1 Å². The van der Waals surface area contributed by atoms with Crippen LogP contribution in [0.3, 0.4) is 0 Å². The number of carbonyl (C=O) groups is 1. The van der Waals surface area contributed by atoms with Gasteiger partial charge in [0.25, 0.3) is 0 Å². The molecular formula is C13H10Cl2N2O2. The summed E-state index contributed by atoms with van der Waals surface area (Å²) in [6.45, 7) is 0. The Kier molecular flexibility index (Phi) is 3.83. The lowest BCUT2D eigenvalue weighted by Crippen LogP contribution is -2.04. The quantitative estimate of drug-likeness (QED) is 0.748. The van der Waals surface area contributed by atoms with Crippen LogP contribution in [0.15, 0.2) is 36.4 Å². The average molecular weight is 297 g/mol. The predicted molar refractivity (Wildman–Crippen MR) is 77.6 cm³/mol. The van der Waals surface area contributed by atoms with Crippen molar-refractivity contribution in [3.63, 3.8) is 0 Å². The summed E-state index contributed by atoms with van der Waals surface area (Å²) in [5.41, 5.74) is 6.94. The van der Waals surface area contributed by atoms with Crippen molar-refractivity contribution in [2.24, 2.45) is 0 Å². The van der Waals surface area contributed by atoms with Crippen LogP contribution >= 0.6 is 23.2 Å². The first-order valence-electron chi connectivity index (χ1n) is 5.33. The Hall–Kier alpha value is -1.91. The van der Waals surface area contributed by atoms with Gasteiger partial charge in [-0.05, 0) is 30.3 Å². The first-order chi connectivity index (χ1) is 8.99. The molecule has 0 spiro atoms. The van der Waals surface area contributed by atoms with Crippen molar-refractivity contribution in [2.75, 3.05) is 11.1 Å². The van der Waals surface area contributed by atoms with Gasteiger partial charge in [0.2, 0.25) is 0 Å². The number of aromatic carboxylic acids is 1. The molecule has 4 N–H and O–H groups in total. The van der Waals surface area contributed by atoms with Gasteiger partial charge in [-0.25, -0.2) is 4.79 Å². The highest BCUT2D eigenvalue weighted by Crippen LogP contribution is 2.33. The zero-order valence-electron chi connectivity index (χ0n) is 9.65. The SMILES string of the molecule is Nc1ccc(Nc2cccc(Cl)c2Cl)c(C(=O)O)c1. The lowest BCUT2D eigenvalue weighted by atomic mass is 10.1. The highest BCUT2D eigenvalue weighted by atomic mass is 35.5. The van der Waals surface area contributed by atoms with Gasteiger partial charge in [0.15, 0.2) is 0 Å². The summed E-state index contributed by atoms with van der Waals surface area (Å²) in [6, 6.07) is 9.63. The summed E-state index contributed by atoms with van der Waals surface area (Å²) < 4.78 is 0. The lowest BCUT2D eigenvalue weighted by Gasteiger charge is -2.12. The molecule has 6 heteroatoms. The molecular weight excluding hydrogens is 287 g/mol. The second kappa shape index (κ2) is 5.38. The molecule has 0 heterocycles. The molecule has 2 aromatic rings. The molecule has 0 fully saturated rings. The van der Waals surface area contributed by atoms with Crippen molar-refractivity contribution in [3.05, 3.63) is 52.0 Å². The van der Waals surface area contributed by atoms with Gasteiger partial charge in [0, 0.05) is 5.69 Å². The van der Waals surface area contributed by atoms with E-state index in [1.54, 1.807) is 30.3 Å². The standard InChI is InChI=1S/C13H10Cl2N2O2/c14-9-2-1-3-11(12(9)15)17-10-5-4-7(16)6-8(10)13(18)19/h1-6,17H,16H2,(H,18,19). The molecule has 0 bridgehead atoms. The largest absolute Gasteiger partial charge is 0.478 e. The molecule has 0 amide bonds. The maximum absolute atomic E-state index is 11.2. The summed E-state index contributed by atoms with van der Waals surface area (Å²) >= 11 is 11.9. The molecule has 0 aliphatic heterocycles. The molecule has 4 nitrogen and oxygen atoms in total. The molecule has 0 atom stereocenters. The number of carboxylic acid groups (broad SMARTS) is 1. The van der Waals surface area contributed by atoms with E-state index in [2.05, 4.69) is 5.32 Å². The Balaban J connectivity index is 2.44. The third-order valence-corrected chi connectivity index (χ3v) is 3.31. The maximum Gasteiger partial charge on any atom is 0.337 e. The van der Waals surface area contributed by atoms with Gasteiger partial charge in [0.05, 0.1) is 27.0 Å². The number of anilines is 3. The highest BCUT2D eigenvalue weighted by Gasteiger charge is 2.12. The molecule has 2 aromatic carbocycles. The van der Waals surface area contributed by atoms with Crippen LogP contribution in [0.25, 0.3) is 0 Å². The maximum atomic E-state index is 11.2. The van der Waals surface area contributed by atoms with E-state index in [0.29, 0.717) is 27.1 Å². The normalized spacial score (nSPS) is 10.2. The monoisotopic (exact) mass is 296 g/mol. The molecule has 98 valence electrons. The summed E-state index contributed by atoms with van der Waals surface area (Å²) in [5.74, 6) is -1.08. The molecule has 0 radical (unpaired) electrons. The smallest absolute Gasteiger partial charge is 0.337 e. The van der Waals surface area contributed by atoms with Crippen molar-refractivity contribution in [1.29, 1.82) is 0 Å². The third-order valence-electron chi connectivity index (χ3n) is 2.49. The van der Waals surface area contributed by atoms with Gasteiger partial charge < -0.3 is 16.2 Å². The van der Waals surface area contributed by atoms with Crippen LogP contribution in [0, 0.1) is 0 Å². The topological polar surface area (TPSA) is 75.3 Å². The van der Waals surface area contributed by atoms with Gasteiger partial charge in [0.1, 0.15) is 0 Å². The van der Waals surface area contributed by atoms with Crippen molar-refractivity contribution in [1.82, 2.24) is 0 Å². The number of nitrogen functional groups attached to an aromatic ring is 1. The van der Waals surface area contributed by atoms with Crippen LogP contribution in [-0.4, -0.2) is 11.1 Å².